The van der Waals surface area contributed by atoms with Crippen LogP contribution in [0.1, 0.15) is 52.4 Å². The molecule has 0 aliphatic rings. The quantitative estimate of drug-likeness (QED) is 0.554. The van der Waals surface area contributed by atoms with Crippen molar-refractivity contribution in [3.8, 4) is 0 Å². The lowest BCUT2D eigenvalue weighted by Crippen LogP contribution is -2.40. The molecular weight excluding hydrogens is 232 g/mol. The molecule has 0 heterocycles. The molecule has 5 nitrogen and oxygen atoms in total. The SMILES string of the molecule is CCCC(CCNC(=O)[C@H](N)CC)CCC(=O)O. The number of carboxylic acid groups (broad SMARTS) is 1. The zero-order chi connectivity index (χ0) is 14.0. The fourth-order valence-electron chi connectivity index (χ4n) is 1.88. The van der Waals surface area contributed by atoms with Crippen LogP contribution in [0.4, 0.5) is 0 Å². The van der Waals surface area contributed by atoms with Crippen LogP contribution in [0.3, 0.4) is 0 Å². The van der Waals surface area contributed by atoms with E-state index in [1.165, 1.54) is 0 Å². The Balaban J connectivity index is 3.88. The van der Waals surface area contributed by atoms with Crippen LogP contribution in [-0.2, 0) is 9.59 Å². The second-order valence-electron chi connectivity index (χ2n) is 4.68. The van der Waals surface area contributed by atoms with Crippen molar-refractivity contribution >= 4 is 11.9 Å². The Kier molecular flexibility index (Phi) is 9.28. The molecule has 0 aliphatic carbocycles. The van der Waals surface area contributed by atoms with Crippen LogP contribution >= 0.6 is 0 Å². The van der Waals surface area contributed by atoms with Crippen molar-refractivity contribution in [1.82, 2.24) is 5.32 Å². The van der Waals surface area contributed by atoms with Gasteiger partial charge in [0.1, 0.15) is 0 Å². The topological polar surface area (TPSA) is 92.4 Å². The molecule has 4 N–H and O–H groups in total. The van der Waals surface area contributed by atoms with Gasteiger partial charge in [-0.3, -0.25) is 9.59 Å². The molecule has 0 aromatic carbocycles. The van der Waals surface area contributed by atoms with Gasteiger partial charge in [-0.15, -0.1) is 0 Å². The van der Waals surface area contributed by atoms with Crippen molar-refractivity contribution < 1.29 is 14.7 Å². The van der Waals surface area contributed by atoms with Crippen LogP contribution in [0.5, 0.6) is 0 Å². The van der Waals surface area contributed by atoms with Gasteiger partial charge in [-0.2, -0.15) is 0 Å². The molecule has 0 aliphatic heterocycles. The van der Waals surface area contributed by atoms with E-state index in [2.05, 4.69) is 12.2 Å². The summed E-state index contributed by atoms with van der Waals surface area (Å²) in [5.41, 5.74) is 5.60. The number of nitrogens with one attached hydrogen (secondary N) is 1. The molecule has 2 atom stereocenters. The van der Waals surface area contributed by atoms with Crippen molar-refractivity contribution in [2.75, 3.05) is 6.54 Å². The van der Waals surface area contributed by atoms with Crippen molar-refractivity contribution in [2.45, 2.75) is 58.4 Å². The minimum absolute atomic E-state index is 0.119. The van der Waals surface area contributed by atoms with Gasteiger partial charge < -0.3 is 16.2 Å². The molecule has 0 rings (SSSR count). The van der Waals surface area contributed by atoms with Crippen molar-refractivity contribution in [1.29, 1.82) is 0 Å². The van der Waals surface area contributed by atoms with Gasteiger partial charge >= 0.3 is 5.97 Å². The zero-order valence-electron chi connectivity index (χ0n) is 11.4. The van der Waals surface area contributed by atoms with Gasteiger partial charge in [0.05, 0.1) is 6.04 Å². The first-order valence-corrected chi connectivity index (χ1v) is 6.76. The molecule has 1 amide bonds. The maximum atomic E-state index is 11.4. The van der Waals surface area contributed by atoms with Crippen LogP contribution in [0.2, 0.25) is 0 Å². The molecule has 0 aromatic heterocycles. The number of hydrogen-bond acceptors (Lipinski definition) is 3. The third kappa shape index (κ3) is 8.06. The Labute approximate surface area is 109 Å². The van der Waals surface area contributed by atoms with E-state index in [1.54, 1.807) is 0 Å². The summed E-state index contributed by atoms with van der Waals surface area (Å²) >= 11 is 0. The van der Waals surface area contributed by atoms with Crippen LogP contribution in [0.15, 0.2) is 0 Å². The summed E-state index contributed by atoms with van der Waals surface area (Å²) in [5.74, 6) is -0.511. The minimum atomic E-state index is -0.756. The second-order valence-corrected chi connectivity index (χ2v) is 4.68. The fourth-order valence-corrected chi connectivity index (χ4v) is 1.88. The lowest BCUT2D eigenvalue weighted by atomic mass is 9.94. The summed E-state index contributed by atoms with van der Waals surface area (Å²) in [6.45, 7) is 4.53. The Bertz CT molecular complexity index is 257. The van der Waals surface area contributed by atoms with E-state index in [4.69, 9.17) is 10.8 Å². The molecule has 106 valence electrons. The number of rotatable bonds is 10. The fraction of sp³-hybridized carbons (Fsp3) is 0.846. The van der Waals surface area contributed by atoms with E-state index in [9.17, 15) is 9.59 Å². The van der Waals surface area contributed by atoms with Gasteiger partial charge in [0.2, 0.25) is 5.91 Å². The number of amides is 1. The molecule has 0 saturated heterocycles. The summed E-state index contributed by atoms with van der Waals surface area (Å²) in [6.07, 6.45) is 4.37. The molecule has 0 spiro atoms. The first kappa shape index (κ1) is 16.9. The van der Waals surface area contributed by atoms with Crippen LogP contribution < -0.4 is 11.1 Å². The van der Waals surface area contributed by atoms with E-state index in [-0.39, 0.29) is 12.3 Å². The molecular formula is C13H26N2O3. The average Bonchev–Trinajstić information content (AvgIpc) is 2.34. The lowest BCUT2D eigenvalue weighted by molar-refractivity contribution is -0.137. The summed E-state index contributed by atoms with van der Waals surface area (Å²) in [5, 5.41) is 11.5. The third-order valence-electron chi connectivity index (χ3n) is 3.09. The lowest BCUT2D eigenvalue weighted by Gasteiger charge is -2.16. The number of nitrogens with two attached hydrogens (primary N) is 1. The van der Waals surface area contributed by atoms with E-state index in [0.717, 1.165) is 19.3 Å². The highest BCUT2D eigenvalue weighted by Crippen LogP contribution is 2.17. The smallest absolute Gasteiger partial charge is 0.303 e. The van der Waals surface area contributed by atoms with Gasteiger partial charge in [-0.05, 0) is 25.2 Å². The molecule has 18 heavy (non-hydrogen) atoms. The molecule has 0 saturated carbocycles. The number of carbonyl (C=O) groups excluding carboxylic acids is 1. The normalized spacial score (nSPS) is 13.9. The highest BCUT2D eigenvalue weighted by molar-refractivity contribution is 5.81. The average molecular weight is 258 g/mol. The summed E-state index contributed by atoms with van der Waals surface area (Å²) in [6, 6.07) is -0.436. The maximum Gasteiger partial charge on any atom is 0.303 e. The van der Waals surface area contributed by atoms with Crippen molar-refractivity contribution in [3.05, 3.63) is 0 Å². The Morgan fingerprint density at radius 3 is 2.39 bits per heavy atom. The van der Waals surface area contributed by atoms with Gasteiger partial charge in [0.25, 0.3) is 0 Å². The van der Waals surface area contributed by atoms with Crippen LogP contribution in [-0.4, -0.2) is 29.6 Å². The van der Waals surface area contributed by atoms with Crippen molar-refractivity contribution in [3.63, 3.8) is 0 Å². The first-order valence-electron chi connectivity index (χ1n) is 6.76. The minimum Gasteiger partial charge on any atom is -0.481 e. The predicted molar refractivity (Wildman–Crippen MR) is 71.2 cm³/mol. The van der Waals surface area contributed by atoms with Gasteiger partial charge in [-0.1, -0.05) is 26.7 Å². The molecule has 1 unspecified atom stereocenters. The molecule has 0 bridgehead atoms. The summed E-state index contributed by atoms with van der Waals surface area (Å²) < 4.78 is 0. The Morgan fingerprint density at radius 2 is 1.89 bits per heavy atom. The van der Waals surface area contributed by atoms with Crippen LogP contribution in [0.25, 0.3) is 0 Å². The highest BCUT2D eigenvalue weighted by atomic mass is 16.4. The zero-order valence-corrected chi connectivity index (χ0v) is 11.4. The summed E-state index contributed by atoms with van der Waals surface area (Å²) in [4.78, 5) is 22.0. The number of carbonyl (C=O) groups is 2. The number of aliphatic carboxylic acids is 1. The Hall–Kier alpha value is -1.10. The van der Waals surface area contributed by atoms with E-state index >= 15 is 0 Å². The third-order valence-corrected chi connectivity index (χ3v) is 3.09. The monoisotopic (exact) mass is 258 g/mol. The maximum absolute atomic E-state index is 11.4. The molecule has 0 radical (unpaired) electrons. The first-order chi connectivity index (χ1) is 8.51. The Morgan fingerprint density at radius 1 is 1.22 bits per heavy atom. The van der Waals surface area contributed by atoms with Crippen LogP contribution in [0, 0.1) is 5.92 Å². The highest BCUT2D eigenvalue weighted by Gasteiger charge is 2.13. The summed E-state index contributed by atoms with van der Waals surface area (Å²) in [7, 11) is 0. The van der Waals surface area contributed by atoms with E-state index in [0.29, 0.717) is 25.3 Å². The second kappa shape index (κ2) is 9.88. The largest absolute Gasteiger partial charge is 0.481 e. The molecule has 0 fully saturated rings. The number of carboxylic acids is 1. The van der Waals surface area contributed by atoms with Gasteiger partial charge in [0, 0.05) is 13.0 Å². The predicted octanol–water partition coefficient (Wildman–Crippen LogP) is 1.51. The number of hydrogen-bond donors (Lipinski definition) is 3. The van der Waals surface area contributed by atoms with Crippen molar-refractivity contribution in [2.24, 2.45) is 11.7 Å². The van der Waals surface area contributed by atoms with Gasteiger partial charge in [-0.25, -0.2) is 0 Å². The van der Waals surface area contributed by atoms with Gasteiger partial charge in [0.15, 0.2) is 0 Å². The molecule has 0 aromatic rings. The molecule has 5 heteroatoms. The standard InChI is InChI=1S/C13H26N2O3/c1-3-5-10(6-7-12(16)17)8-9-15-13(18)11(14)4-2/h10-11H,3-9,14H2,1-2H3,(H,15,18)(H,16,17)/t10?,11-/m1/s1. The van der Waals surface area contributed by atoms with E-state index in [1.807, 2.05) is 6.92 Å². The van der Waals surface area contributed by atoms with E-state index < -0.39 is 12.0 Å².